The van der Waals surface area contributed by atoms with Crippen LogP contribution < -0.4 is 20.1 Å². The van der Waals surface area contributed by atoms with Gasteiger partial charge >= 0.3 is 0 Å². The van der Waals surface area contributed by atoms with Gasteiger partial charge in [-0.3, -0.25) is 4.72 Å². The lowest BCUT2D eigenvalue weighted by atomic mass is 10.1. The molecule has 3 heterocycles. The minimum atomic E-state index is -3.86. The zero-order chi connectivity index (χ0) is 26.4. The van der Waals surface area contributed by atoms with Crippen molar-refractivity contribution in [1.29, 1.82) is 0 Å². The maximum Gasteiger partial charge on any atom is 0.237 e. The fraction of sp³-hybridized carbons (Fsp3) is 0.222. The fourth-order valence-electron chi connectivity index (χ4n) is 4.17. The van der Waals surface area contributed by atoms with Gasteiger partial charge < -0.3 is 15.4 Å². The van der Waals surface area contributed by atoms with Gasteiger partial charge in [-0.2, -0.15) is 0 Å². The van der Waals surface area contributed by atoms with Crippen LogP contribution in [0.5, 0.6) is 11.6 Å². The number of anilines is 2. The summed E-state index contributed by atoms with van der Waals surface area (Å²) in [5, 5.41) is 6.69. The van der Waals surface area contributed by atoms with Gasteiger partial charge in [-0.05, 0) is 55.3 Å². The van der Waals surface area contributed by atoms with Crippen LogP contribution in [-0.2, 0) is 15.8 Å². The Morgan fingerprint density at radius 3 is 2.68 bits per heavy atom. The van der Waals surface area contributed by atoms with E-state index in [1.165, 1.54) is 24.4 Å². The number of hydrogen-bond donors (Lipinski definition) is 3. The van der Waals surface area contributed by atoms with E-state index >= 15 is 4.39 Å². The molecule has 1 unspecified atom stereocenters. The molecule has 0 bridgehead atoms. The van der Waals surface area contributed by atoms with Crippen LogP contribution >= 0.6 is 0 Å². The van der Waals surface area contributed by atoms with Crippen LogP contribution in [0.3, 0.4) is 0 Å². The third-order valence-electron chi connectivity index (χ3n) is 5.97. The van der Waals surface area contributed by atoms with Crippen molar-refractivity contribution in [2.24, 2.45) is 0 Å². The van der Waals surface area contributed by atoms with Gasteiger partial charge in [0.05, 0.1) is 22.7 Å². The number of nitrogens with zero attached hydrogens (tertiary/aromatic N) is 3. The van der Waals surface area contributed by atoms with Crippen molar-refractivity contribution in [3.05, 3.63) is 90.5 Å². The second-order valence-corrected chi connectivity index (χ2v) is 10.6. The predicted octanol–water partition coefficient (Wildman–Crippen LogP) is 4.58. The first-order valence-corrected chi connectivity index (χ1v) is 13.9. The second kappa shape index (κ2) is 11.5. The summed E-state index contributed by atoms with van der Waals surface area (Å²) in [4.78, 5) is 13.2. The highest BCUT2D eigenvalue weighted by Gasteiger charge is 2.19. The number of hydrogen-bond acceptors (Lipinski definition) is 8. The smallest absolute Gasteiger partial charge is 0.237 e. The zero-order valence-corrected chi connectivity index (χ0v) is 21.3. The van der Waals surface area contributed by atoms with Gasteiger partial charge in [0.15, 0.2) is 11.6 Å². The summed E-state index contributed by atoms with van der Waals surface area (Å²) in [5.74, 6) is -0.711. The van der Waals surface area contributed by atoms with Crippen LogP contribution in [0, 0.1) is 5.82 Å². The van der Waals surface area contributed by atoms with Crippen molar-refractivity contribution in [3.63, 3.8) is 0 Å². The molecular weight excluding hydrogens is 507 g/mol. The molecule has 38 heavy (non-hydrogen) atoms. The maximum absolute atomic E-state index is 15.4. The zero-order valence-electron chi connectivity index (χ0n) is 20.5. The average molecular weight is 535 g/mol. The molecule has 5 rings (SSSR count). The van der Waals surface area contributed by atoms with E-state index in [4.69, 9.17) is 4.74 Å². The number of halogens is 1. The number of nitrogens with one attached hydrogen (secondary N) is 3. The highest BCUT2D eigenvalue weighted by molar-refractivity contribution is 7.91. The Kier molecular flexibility index (Phi) is 7.75. The summed E-state index contributed by atoms with van der Waals surface area (Å²) >= 11 is 0. The lowest BCUT2D eigenvalue weighted by Gasteiger charge is -2.23. The molecule has 0 radical (unpaired) electrons. The van der Waals surface area contributed by atoms with Crippen LogP contribution in [0.15, 0.2) is 79.1 Å². The van der Waals surface area contributed by atoms with Gasteiger partial charge in [0, 0.05) is 25.0 Å². The van der Waals surface area contributed by atoms with Crippen molar-refractivity contribution in [2.75, 3.05) is 23.1 Å². The summed E-state index contributed by atoms with van der Waals surface area (Å²) in [5.41, 5.74) is 1.46. The lowest BCUT2D eigenvalue weighted by Crippen LogP contribution is -2.38. The highest BCUT2D eigenvalue weighted by atomic mass is 32.2. The van der Waals surface area contributed by atoms with E-state index < -0.39 is 15.8 Å². The summed E-state index contributed by atoms with van der Waals surface area (Å²) < 4.78 is 48.8. The minimum Gasteiger partial charge on any atom is -0.435 e. The predicted molar refractivity (Wildman–Crippen MR) is 144 cm³/mol. The van der Waals surface area contributed by atoms with E-state index in [0.29, 0.717) is 22.8 Å². The van der Waals surface area contributed by atoms with Crippen LogP contribution in [-0.4, -0.2) is 42.5 Å². The van der Waals surface area contributed by atoms with E-state index in [1.54, 1.807) is 54.7 Å². The molecule has 1 atom stereocenters. The van der Waals surface area contributed by atoms with Crippen LogP contribution in [0.25, 0.3) is 11.3 Å². The Hall–Kier alpha value is -4.09. The number of rotatable bonds is 9. The van der Waals surface area contributed by atoms with Crippen LogP contribution in [0.4, 0.5) is 16.0 Å². The molecule has 11 heteroatoms. The molecule has 1 aliphatic rings. The van der Waals surface area contributed by atoms with Crippen molar-refractivity contribution >= 4 is 21.7 Å². The number of pyridine rings is 1. The first kappa shape index (κ1) is 25.6. The van der Waals surface area contributed by atoms with E-state index in [2.05, 4.69) is 30.3 Å². The van der Waals surface area contributed by atoms with Crippen molar-refractivity contribution < 1.29 is 17.5 Å². The standard InChI is InChI=1S/C27H27FN6O3S/c28-25-23(34-38(35,36)18-19-7-2-1-3-8-19)11-4-12-24(25)37-26-21(10-6-15-30-26)22-13-16-31-27(33-22)32-20-9-5-14-29-17-20/h1-4,6-8,10-13,15-16,20,29,34H,5,9,14,17-18H2,(H,31,32,33). The summed E-state index contributed by atoms with van der Waals surface area (Å²) in [6, 6.07) is 18.4. The molecule has 0 saturated carbocycles. The molecule has 1 aliphatic heterocycles. The van der Waals surface area contributed by atoms with E-state index in [9.17, 15) is 8.42 Å². The van der Waals surface area contributed by atoms with Crippen LogP contribution in [0.1, 0.15) is 18.4 Å². The third-order valence-corrected chi connectivity index (χ3v) is 7.21. The second-order valence-electron chi connectivity index (χ2n) is 8.88. The average Bonchev–Trinajstić information content (AvgIpc) is 2.92. The van der Waals surface area contributed by atoms with Gasteiger partial charge in [-0.25, -0.2) is 27.8 Å². The molecule has 0 amide bonds. The van der Waals surface area contributed by atoms with Gasteiger partial charge in [-0.1, -0.05) is 36.4 Å². The minimum absolute atomic E-state index is 0.125. The summed E-state index contributed by atoms with van der Waals surface area (Å²) in [6.45, 7) is 1.83. The number of sulfonamides is 1. The van der Waals surface area contributed by atoms with E-state index in [0.717, 1.165) is 25.9 Å². The largest absolute Gasteiger partial charge is 0.435 e. The van der Waals surface area contributed by atoms with Crippen LogP contribution in [0.2, 0.25) is 0 Å². The summed E-state index contributed by atoms with van der Waals surface area (Å²) in [6.07, 6.45) is 5.26. The molecule has 0 spiro atoms. The Bertz CT molecular complexity index is 1500. The molecular formula is C27H27FN6O3S. The molecule has 196 valence electrons. The number of aromatic nitrogens is 3. The molecule has 3 N–H and O–H groups in total. The Morgan fingerprint density at radius 1 is 1.00 bits per heavy atom. The molecule has 1 fully saturated rings. The topological polar surface area (TPSA) is 118 Å². The first-order chi connectivity index (χ1) is 18.5. The van der Waals surface area contributed by atoms with E-state index in [-0.39, 0.29) is 29.1 Å². The molecule has 2 aromatic heterocycles. The number of ether oxygens (including phenoxy) is 1. The summed E-state index contributed by atoms with van der Waals surface area (Å²) in [7, 11) is -3.86. The normalized spacial score (nSPS) is 15.6. The van der Waals surface area contributed by atoms with Gasteiger partial charge in [0.1, 0.15) is 0 Å². The monoisotopic (exact) mass is 534 g/mol. The van der Waals surface area contributed by atoms with Gasteiger partial charge in [0.2, 0.25) is 21.9 Å². The SMILES string of the molecule is O=S(=O)(Cc1ccccc1)Nc1cccc(Oc2ncccc2-c2ccnc(NC3CCCNC3)n2)c1F. The molecule has 1 saturated heterocycles. The molecule has 0 aliphatic carbocycles. The molecule has 9 nitrogen and oxygen atoms in total. The maximum atomic E-state index is 15.4. The Labute approximate surface area is 220 Å². The van der Waals surface area contributed by atoms with E-state index in [1.807, 2.05) is 0 Å². The fourth-order valence-corrected chi connectivity index (χ4v) is 5.37. The molecule has 2 aromatic carbocycles. The van der Waals surface area contributed by atoms with Crippen molar-refractivity contribution in [1.82, 2.24) is 20.3 Å². The Balaban J connectivity index is 1.36. The van der Waals surface area contributed by atoms with Gasteiger partial charge in [-0.15, -0.1) is 0 Å². The van der Waals surface area contributed by atoms with Crippen molar-refractivity contribution in [2.45, 2.75) is 24.6 Å². The first-order valence-electron chi connectivity index (χ1n) is 12.2. The molecule has 4 aromatic rings. The third kappa shape index (κ3) is 6.42. The van der Waals surface area contributed by atoms with Gasteiger partial charge in [0.25, 0.3) is 0 Å². The highest BCUT2D eigenvalue weighted by Crippen LogP contribution is 2.34. The Morgan fingerprint density at radius 2 is 1.87 bits per heavy atom. The van der Waals surface area contributed by atoms with Crippen molar-refractivity contribution in [3.8, 4) is 22.9 Å². The number of benzene rings is 2. The lowest BCUT2D eigenvalue weighted by molar-refractivity contribution is 0.430. The quantitative estimate of drug-likeness (QED) is 0.286. The number of piperidine rings is 1.